The van der Waals surface area contributed by atoms with E-state index in [0.29, 0.717) is 17.5 Å². The Labute approximate surface area is 122 Å². The summed E-state index contributed by atoms with van der Waals surface area (Å²) in [6, 6.07) is 8.64. The maximum absolute atomic E-state index is 11.7. The molecule has 0 radical (unpaired) electrons. The number of para-hydroxylation sites is 1. The monoisotopic (exact) mass is 281 g/mol. The van der Waals surface area contributed by atoms with Crippen LogP contribution in [0.1, 0.15) is 21.5 Å². The van der Waals surface area contributed by atoms with E-state index in [0.717, 1.165) is 5.56 Å². The molecule has 2 aromatic rings. The first-order valence-corrected chi connectivity index (χ1v) is 6.37. The van der Waals surface area contributed by atoms with Crippen LogP contribution in [0.5, 0.6) is 5.75 Å². The molecule has 2 rings (SSSR count). The van der Waals surface area contributed by atoms with Crippen molar-refractivity contribution in [1.29, 1.82) is 0 Å². The largest absolute Gasteiger partial charge is 0.507 e. The number of hydrogen-bond acceptors (Lipinski definition) is 4. The van der Waals surface area contributed by atoms with E-state index < -0.39 is 0 Å². The lowest BCUT2D eigenvalue weighted by Crippen LogP contribution is -2.17. The molecule has 1 aromatic carbocycles. The van der Waals surface area contributed by atoms with Crippen LogP contribution in [-0.4, -0.2) is 22.2 Å². The van der Waals surface area contributed by atoms with Gasteiger partial charge in [0.1, 0.15) is 5.75 Å². The summed E-state index contributed by atoms with van der Waals surface area (Å²) in [7, 11) is 0. The van der Waals surface area contributed by atoms with Crippen molar-refractivity contribution in [1.82, 2.24) is 10.4 Å². The number of allylic oxidation sites excluding steroid dienone is 1. The molecule has 0 saturated carbocycles. The molecule has 1 amide bonds. The third-order valence-electron chi connectivity index (χ3n) is 2.81. The van der Waals surface area contributed by atoms with Gasteiger partial charge in [-0.3, -0.25) is 9.78 Å². The number of carbonyl (C=O) groups excluding carboxylic acids is 1. The van der Waals surface area contributed by atoms with Crippen molar-refractivity contribution in [2.75, 3.05) is 0 Å². The highest BCUT2D eigenvalue weighted by atomic mass is 16.3. The van der Waals surface area contributed by atoms with Gasteiger partial charge >= 0.3 is 0 Å². The number of benzene rings is 1. The molecule has 5 heteroatoms. The predicted octanol–water partition coefficient (Wildman–Crippen LogP) is 2.28. The summed E-state index contributed by atoms with van der Waals surface area (Å²) < 4.78 is 0. The lowest BCUT2D eigenvalue weighted by atomic mass is 10.1. The lowest BCUT2D eigenvalue weighted by molar-refractivity contribution is 0.0954. The Morgan fingerprint density at radius 2 is 2.24 bits per heavy atom. The molecule has 2 N–H and O–H groups in total. The number of amides is 1. The average Bonchev–Trinajstić information content (AvgIpc) is 2.52. The molecule has 0 spiro atoms. The van der Waals surface area contributed by atoms with E-state index in [1.54, 1.807) is 30.5 Å². The van der Waals surface area contributed by atoms with Gasteiger partial charge in [0.25, 0.3) is 5.91 Å². The van der Waals surface area contributed by atoms with Gasteiger partial charge in [0, 0.05) is 18.0 Å². The smallest absolute Gasteiger partial charge is 0.272 e. The van der Waals surface area contributed by atoms with Crippen molar-refractivity contribution < 1.29 is 9.90 Å². The SMILES string of the molecule is C=CCc1cccc(/C=N/NC(=O)c2cccnc2)c1O. The third-order valence-corrected chi connectivity index (χ3v) is 2.81. The predicted molar refractivity (Wildman–Crippen MR) is 81.3 cm³/mol. The van der Waals surface area contributed by atoms with E-state index in [1.807, 2.05) is 12.1 Å². The van der Waals surface area contributed by atoms with Gasteiger partial charge in [-0.2, -0.15) is 5.10 Å². The standard InChI is InChI=1S/C16H15N3O2/c1-2-5-12-6-3-7-13(15(12)20)11-18-19-16(21)14-8-4-9-17-10-14/h2-4,6-11,20H,1,5H2,(H,19,21)/b18-11+. The maximum atomic E-state index is 11.7. The fourth-order valence-electron chi connectivity index (χ4n) is 1.76. The van der Waals surface area contributed by atoms with Crippen molar-refractivity contribution in [3.63, 3.8) is 0 Å². The van der Waals surface area contributed by atoms with E-state index >= 15 is 0 Å². The molecule has 0 atom stereocenters. The van der Waals surface area contributed by atoms with Crippen LogP contribution in [0.15, 0.2) is 60.5 Å². The summed E-state index contributed by atoms with van der Waals surface area (Å²) >= 11 is 0. The van der Waals surface area contributed by atoms with Gasteiger partial charge in [-0.1, -0.05) is 18.2 Å². The number of nitrogens with zero attached hydrogens (tertiary/aromatic N) is 2. The van der Waals surface area contributed by atoms with Crippen LogP contribution < -0.4 is 5.43 Å². The number of aromatic nitrogens is 1. The molecule has 0 unspecified atom stereocenters. The van der Waals surface area contributed by atoms with E-state index in [-0.39, 0.29) is 11.7 Å². The first kappa shape index (κ1) is 14.5. The van der Waals surface area contributed by atoms with Crippen LogP contribution in [0.4, 0.5) is 0 Å². The highest BCUT2D eigenvalue weighted by Gasteiger charge is 2.05. The van der Waals surface area contributed by atoms with Gasteiger partial charge in [0.05, 0.1) is 11.8 Å². The molecule has 21 heavy (non-hydrogen) atoms. The average molecular weight is 281 g/mol. The Morgan fingerprint density at radius 1 is 1.38 bits per heavy atom. The first-order chi connectivity index (χ1) is 10.2. The number of aromatic hydroxyl groups is 1. The van der Waals surface area contributed by atoms with Crippen molar-refractivity contribution in [3.05, 3.63) is 72.1 Å². The molecule has 0 fully saturated rings. The normalized spacial score (nSPS) is 10.5. The topological polar surface area (TPSA) is 74.6 Å². The molecule has 0 aliphatic rings. The Kier molecular flexibility index (Phi) is 4.82. The minimum atomic E-state index is -0.360. The molecule has 1 heterocycles. The maximum Gasteiger partial charge on any atom is 0.272 e. The van der Waals surface area contributed by atoms with Gasteiger partial charge in [-0.05, 0) is 30.2 Å². The van der Waals surface area contributed by atoms with Crippen molar-refractivity contribution in [2.45, 2.75) is 6.42 Å². The molecule has 0 aliphatic heterocycles. The Morgan fingerprint density at radius 3 is 2.95 bits per heavy atom. The van der Waals surface area contributed by atoms with E-state index in [2.05, 4.69) is 22.1 Å². The highest BCUT2D eigenvalue weighted by molar-refractivity contribution is 5.94. The number of phenolic OH excluding ortho intramolecular Hbond substituents is 1. The van der Waals surface area contributed by atoms with Crippen LogP contribution in [0.25, 0.3) is 0 Å². The van der Waals surface area contributed by atoms with Gasteiger partial charge < -0.3 is 5.11 Å². The van der Waals surface area contributed by atoms with Crippen molar-refractivity contribution in [2.24, 2.45) is 5.10 Å². The highest BCUT2D eigenvalue weighted by Crippen LogP contribution is 2.21. The molecular formula is C16H15N3O2. The zero-order chi connectivity index (χ0) is 15.1. The first-order valence-electron chi connectivity index (χ1n) is 6.37. The third kappa shape index (κ3) is 3.76. The summed E-state index contributed by atoms with van der Waals surface area (Å²) in [5.41, 5.74) is 4.09. The van der Waals surface area contributed by atoms with Crippen LogP contribution >= 0.6 is 0 Å². The number of rotatable bonds is 5. The summed E-state index contributed by atoms with van der Waals surface area (Å²) in [4.78, 5) is 15.6. The quantitative estimate of drug-likeness (QED) is 0.501. The second-order valence-electron chi connectivity index (χ2n) is 4.29. The van der Waals surface area contributed by atoms with Gasteiger partial charge in [0.15, 0.2) is 0 Å². The molecule has 1 aromatic heterocycles. The van der Waals surface area contributed by atoms with Crippen LogP contribution in [0.3, 0.4) is 0 Å². The molecule has 0 bridgehead atoms. The molecule has 106 valence electrons. The van der Waals surface area contributed by atoms with E-state index in [1.165, 1.54) is 12.4 Å². The van der Waals surface area contributed by atoms with Gasteiger partial charge in [-0.15, -0.1) is 6.58 Å². The number of hydrazone groups is 1. The second-order valence-corrected chi connectivity index (χ2v) is 4.29. The van der Waals surface area contributed by atoms with E-state index in [4.69, 9.17) is 0 Å². The molecule has 0 aliphatic carbocycles. The summed E-state index contributed by atoms with van der Waals surface area (Å²) in [6.45, 7) is 3.64. The second kappa shape index (κ2) is 7.00. The van der Waals surface area contributed by atoms with Crippen LogP contribution in [-0.2, 0) is 6.42 Å². The number of hydrogen-bond donors (Lipinski definition) is 2. The summed E-state index contributed by atoms with van der Waals surface area (Å²) in [5.74, 6) is -0.224. The van der Waals surface area contributed by atoms with E-state index in [9.17, 15) is 9.90 Å². The Hall–Kier alpha value is -2.95. The van der Waals surface area contributed by atoms with Gasteiger partial charge in [0.2, 0.25) is 0 Å². The minimum Gasteiger partial charge on any atom is -0.507 e. The number of phenols is 1. The number of nitrogens with one attached hydrogen (secondary N) is 1. The summed E-state index contributed by atoms with van der Waals surface area (Å²) in [6.07, 6.45) is 6.71. The Balaban J connectivity index is 2.07. The zero-order valence-electron chi connectivity index (χ0n) is 11.4. The fourth-order valence-corrected chi connectivity index (χ4v) is 1.76. The minimum absolute atomic E-state index is 0.136. The molecule has 5 nitrogen and oxygen atoms in total. The number of carbonyl (C=O) groups is 1. The van der Waals surface area contributed by atoms with Crippen molar-refractivity contribution in [3.8, 4) is 5.75 Å². The van der Waals surface area contributed by atoms with Crippen molar-refractivity contribution >= 4 is 12.1 Å². The molecular weight excluding hydrogens is 266 g/mol. The van der Waals surface area contributed by atoms with Crippen LogP contribution in [0.2, 0.25) is 0 Å². The zero-order valence-corrected chi connectivity index (χ0v) is 11.4. The number of pyridine rings is 1. The lowest BCUT2D eigenvalue weighted by Gasteiger charge is -2.04. The van der Waals surface area contributed by atoms with Crippen LogP contribution in [0, 0.1) is 0 Å². The Bertz CT molecular complexity index is 666. The summed E-state index contributed by atoms with van der Waals surface area (Å²) in [5, 5.41) is 13.9. The van der Waals surface area contributed by atoms with Gasteiger partial charge in [-0.25, -0.2) is 5.43 Å². The fraction of sp³-hybridized carbons (Fsp3) is 0.0625. The molecule has 0 saturated heterocycles.